The standard InChI is InChI=1S/C20H16ClN3O4S/c1-12-11-29-20-23-15(8-18(25)24(12)20)10-27-19(26)7-6-17-22-9-16(28-17)13-2-4-14(21)5-3-13/h2-5,8-9,11H,6-7,10H2,1H3. The number of esters is 1. The molecule has 0 saturated carbocycles. The number of hydrogen-bond acceptors (Lipinski definition) is 7. The van der Waals surface area contributed by atoms with Gasteiger partial charge in [-0.2, -0.15) is 0 Å². The molecule has 0 aliphatic heterocycles. The van der Waals surface area contributed by atoms with E-state index < -0.39 is 5.97 Å². The average Bonchev–Trinajstić information content (AvgIpc) is 3.32. The van der Waals surface area contributed by atoms with Gasteiger partial charge in [0, 0.05) is 34.1 Å². The fraction of sp³-hybridized carbons (Fsp3) is 0.200. The number of nitrogens with zero attached hydrogens (tertiary/aromatic N) is 3. The smallest absolute Gasteiger partial charge is 0.306 e. The van der Waals surface area contributed by atoms with E-state index in [0.29, 0.717) is 33.7 Å². The molecular weight excluding hydrogens is 414 g/mol. The molecule has 9 heteroatoms. The van der Waals surface area contributed by atoms with Gasteiger partial charge in [0.2, 0.25) is 0 Å². The van der Waals surface area contributed by atoms with Crippen molar-refractivity contribution in [2.24, 2.45) is 0 Å². The van der Waals surface area contributed by atoms with Crippen molar-refractivity contribution in [3.05, 3.63) is 74.6 Å². The number of aromatic nitrogens is 3. The lowest BCUT2D eigenvalue weighted by Crippen LogP contribution is -2.16. The van der Waals surface area contributed by atoms with Gasteiger partial charge in [-0.1, -0.05) is 11.6 Å². The van der Waals surface area contributed by atoms with Crippen LogP contribution in [0.1, 0.15) is 23.7 Å². The summed E-state index contributed by atoms with van der Waals surface area (Å²) in [4.78, 5) is 33.3. The Labute approximate surface area is 174 Å². The Kier molecular flexibility index (Phi) is 5.46. The third-order valence-corrected chi connectivity index (χ3v) is 5.43. The summed E-state index contributed by atoms with van der Waals surface area (Å²) < 4.78 is 12.4. The fourth-order valence-electron chi connectivity index (χ4n) is 2.78. The lowest BCUT2D eigenvalue weighted by atomic mass is 10.2. The molecule has 0 aliphatic rings. The summed E-state index contributed by atoms with van der Waals surface area (Å²) in [5, 5.41) is 2.50. The molecule has 0 bridgehead atoms. The first-order chi connectivity index (χ1) is 14.0. The predicted molar refractivity (Wildman–Crippen MR) is 109 cm³/mol. The van der Waals surface area contributed by atoms with Crippen LogP contribution < -0.4 is 5.56 Å². The fourth-order valence-corrected chi connectivity index (χ4v) is 3.80. The molecule has 0 fully saturated rings. The molecule has 1 aromatic carbocycles. The number of hydrogen-bond donors (Lipinski definition) is 0. The van der Waals surface area contributed by atoms with Crippen LogP contribution in [-0.4, -0.2) is 20.3 Å². The summed E-state index contributed by atoms with van der Waals surface area (Å²) in [5.41, 5.74) is 1.92. The molecular formula is C20H16ClN3O4S. The molecule has 3 heterocycles. The van der Waals surface area contributed by atoms with E-state index in [0.717, 1.165) is 11.3 Å². The van der Waals surface area contributed by atoms with Crippen molar-refractivity contribution in [3.8, 4) is 11.3 Å². The van der Waals surface area contributed by atoms with Crippen LogP contribution in [0.4, 0.5) is 0 Å². The van der Waals surface area contributed by atoms with Gasteiger partial charge in [0.25, 0.3) is 5.56 Å². The van der Waals surface area contributed by atoms with Crippen LogP contribution in [0.5, 0.6) is 0 Å². The van der Waals surface area contributed by atoms with Crippen LogP contribution in [0.2, 0.25) is 5.02 Å². The van der Waals surface area contributed by atoms with Crippen LogP contribution in [0, 0.1) is 6.92 Å². The third kappa shape index (κ3) is 4.38. The molecule has 0 amide bonds. The number of thiazole rings is 1. The molecule has 3 aromatic heterocycles. The molecule has 0 N–H and O–H groups in total. The van der Waals surface area contributed by atoms with E-state index in [1.54, 1.807) is 18.3 Å². The van der Waals surface area contributed by atoms with Gasteiger partial charge in [0.1, 0.15) is 6.61 Å². The first-order valence-corrected chi connectivity index (χ1v) is 10.1. The van der Waals surface area contributed by atoms with Gasteiger partial charge in [-0.25, -0.2) is 9.97 Å². The van der Waals surface area contributed by atoms with E-state index in [9.17, 15) is 9.59 Å². The zero-order valence-corrected chi connectivity index (χ0v) is 17.0. The molecule has 0 spiro atoms. The second-order valence-corrected chi connectivity index (χ2v) is 7.64. The Morgan fingerprint density at radius 2 is 2.10 bits per heavy atom. The lowest BCUT2D eigenvalue weighted by molar-refractivity contribution is -0.145. The number of aryl methyl sites for hydroxylation is 2. The quantitative estimate of drug-likeness (QED) is 0.430. The number of fused-ring (bicyclic) bond motifs is 1. The topological polar surface area (TPSA) is 86.7 Å². The van der Waals surface area contributed by atoms with Gasteiger partial charge in [-0.15, -0.1) is 11.3 Å². The van der Waals surface area contributed by atoms with Crippen LogP contribution in [0.3, 0.4) is 0 Å². The van der Waals surface area contributed by atoms with Gasteiger partial charge in [0.05, 0.1) is 18.3 Å². The SMILES string of the molecule is Cc1csc2nc(COC(=O)CCc3ncc(-c4ccc(Cl)cc4)o3)cc(=O)n12. The van der Waals surface area contributed by atoms with Gasteiger partial charge in [-0.05, 0) is 31.2 Å². The number of rotatable bonds is 6. The van der Waals surface area contributed by atoms with Crippen LogP contribution in [0.25, 0.3) is 16.3 Å². The molecule has 0 saturated heterocycles. The van der Waals surface area contributed by atoms with E-state index in [1.807, 2.05) is 24.4 Å². The van der Waals surface area contributed by atoms with Gasteiger partial charge in [-0.3, -0.25) is 14.0 Å². The van der Waals surface area contributed by atoms with E-state index in [-0.39, 0.29) is 18.6 Å². The minimum absolute atomic E-state index is 0.0525. The van der Waals surface area contributed by atoms with Crippen molar-refractivity contribution in [1.82, 2.24) is 14.4 Å². The summed E-state index contributed by atoms with van der Waals surface area (Å²) in [5.74, 6) is 0.633. The first-order valence-electron chi connectivity index (χ1n) is 8.82. The summed E-state index contributed by atoms with van der Waals surface area (Å²) in [7, 11) is 0. The maximum atomic E-state index is 12.1. The molecule has 148 valence electrons. The Morgan fingerprint density at radius 1 is 1.31 bits per heavy atom. The number of carbonyl (C=O) groups is 1. The number of ether oxygens (including phenoxy) is 1. The monoisotopic (exact) mass is 429 g/mol. The highest BCUT2D eigenvalue weighted by Gasteiger charge is 2.12. The minimum Gasteiger partial charge on any atom is -0.459 e. The average molecular weight is 430 g/mol. The third-order valence-electron chi connectivity index (χ3n) is 4.23. The largest absolute Gasteiger partial charge is 0.459 e. The zero-order valence-electron chi connectivity index (χ0n) is 15.4. The van der Waals surface area contributed by atoms with E-state index in [2.05, 4.69) is 9.97 Å². The minimum atomic E-state index is -0.416. The zero-order chi connectivity index (χ0) is 20.4. The Bertz CT molecular complexity index is 1230. The van der Waals surface area contributed by atoms with Crippen molar-refractivity contribution >= 4 is 33.9 Å². The van der Waals surface area contributed by atoms with E-state index >= 15 is 0 Å². The van der Waals surface area contributed by atoms with Gasteiger partial charge >= 0.3 is 5.97 Å². The highest BCUT2D eigenvalue weighted by Crippen LogP contribution is 2.22. The summed E-state index contributed by atoms with van der Waals surface area (Å²) in [6.45, 7) is 1.79. The number of halogens is 1. The molecule has 4 aromatic rings. The Hall–Kier alpha value is -2.97. The molecule has 29 heavy (non-hydrogen) atoms. The molecule has 0 atom stereocenters. The molecule has 0 radical (unpaired) electrons. The normalized spacial score (nSPS) is 11.1. The number of benzene rings is 1. The summed E-state index contributed by atoms with van der Waals surface area (Å²) in [6, 6.07) is 8.59. The van der Waals surface area contributed by atoms with Gasteiger partial charge < -0.3 is 9.15 Å². The molecule has 0 unspecified atom stereocenters. The predicted octanol–water partition coefficient (Wildman–Crippen LogP) is 4.05. The van der Waals surface area contributed by atoms with Crippen LogP contribution >= 0.6 is 22.9 Å². The molecule has 0 aliphatic carbocycles. The molecule has 7 nitrogen and oxygen atoms in total. The summed E-state index contributed by atoms with van der Waals surface area (Å²) >= 11 is 7.25. The summed E-state index contributed by atoms with van der Waals surface area (Å²) in [6.07, 6.45) is 2.03. The second kappa shape index (κ2) is 8.18. The highest BCUT2D eigenvalue weighted by molar-refractivity contribution is 7.15. The van der Waals surface area contributed by atoms with Crippen molar-refractivity contribution in [1.29, 1.82) is 0 Å². The van der Waals surface area contributed by atoms with Crippen molar-refractivity contribution in [2.75, 3.05) is 0 Å². The maximum absolute atomic E-state index is 12.1. The van der Waals surface area contributed by atoms with Gasteiger partial charge in [0.15, 0.2) is 16.6 Å². The maximum Gasteiger partial charge on any atom is 0.306 e. The van der Waals surface area contributed by atoms with Crippen molar-refractivity contribution < 1.29 is 13.9 Å². The highest BCUT2D eigenvalue weighted by atomic mass is 35.5. The number of carbonyl (C=O) groups excluding carboxylic acids is 1. The Balaban J connectivity index is 1.33. The van der Waals surface area contributed by atoms with E-state index in [1.165, 1.54) is 21.8 Å². The first kappa shape index (κ1) is 19.4. The second-order valence-electron chi connectivity index (χ2n) is 6.37. The van der Waals surface area contributed by atoms with Crippen molar-refractivity contribution in [3.63, 3.8) is 0 Å². The van der Waals surface area contributed by atoms with Crippen LogP contribution in [-0.2, 0) is 22.6 Å². The van der Waals surface area contributed by atoms with E-state index in [4.69, 9.17) is 20.8 Å². The van der Waals surface area contributed by atoms with Crippen LogP contribution in [0.15, 0.2) is 51.1 Å². The Morgan fingerprint density at radius 3 is 2.90 bits per heavy atom. The molecule has 4 rings (SSSR count). The number of oxazole rings is 1. The van der Waals surface area contributed by atoms with Crippen molar-refractivity contribution in [2.45, 2.75) is 26.4 Å². The lowest BCUT2D eigenvalue weighted by Gasteiger charge is -2.04.